The van der Waals surface area contributed by atoms with Gasteiger partial charge in [-0.05, 0) is 42.8 Å². The average Bonchev–Trinajstić information content (AvgIpc) is 2.59. The molecule has 1 amide bonds. The number of carbonyl (C=O) groups excluding carboxylic acids is 1. The molecule has 0 spiro atoms. The van der Waals surface area contributed by atoms with Gasteiger partial charge >= 0.3 is 0 Å². The van der Waals surface area contributed by atoms with Crippen molar-refractivity contribution in [3.8, 4) is 11.5 Å². The number of hydrogen-bond donors (Lipinski definition) is 2. The molecule has 2 aromatic carbocycles. The van der Waals surface area contributed by atoms with E-state index in [9.17, 15) is 4.79 Å². The molecule has 23 heavy (non-hydrogen) atoms. The molecule has 0 aliphatic heterocycles. The quantitative estimate of drug-likeness (QED) is 0.735. The largest absolute Gasteiger partial charge is 0.497 e. The Morgan fingerprint density at radius 3 is 2.43 bits per heavy atom. The van der Waals surface area contributed by atoms with Crippen LogP contribution in [0.1, 0.15) is 5.56 Å². The molecule has 5 heteroatoms. The highest BCUT2D eigenvalue weighted by atomic mass is 16.5. The molecule has 0 fully saturated rings. The van der Waals surface area contributed by atoms with Crippen LogP contribution in [0.2, 0.25) is 0 Å². The first-order valence-corrected chi connectivity index (χ1v) is 7.49. The molecule has 0 aliphatic carbocycles. The summed E-state index contributed by atoms with van der Waals surface area (Å²) < 4.78 is 10.2. The predicted octanol–water partition coefficient (Wildman–Crippen LogP) is 2.47. The topological polar surface area (TPSA) is 59.6 Å². The highest BCUT2D eigenvalue weighted by Crippen LogP contribution is 2.16. The average molecular weight is 314 g/mol. The Balaban J connectivity index is 1.69. The van der Waals surface area contributed by atoms with E-state index in [0.29, 0.717) is 0 Å². The van der Waals surface area contributed by atoms with E-state index in [4.69, 9.17) is 9.47 Å². The molecule has 0 aliphatic rings. The number of hydrogen-bond acceptors (Lipinski definition) is 4. The minimum absolute atomic E-state index is 0.0759. The summed E-state index contributed by atoms with van der Waals surface area (Å²) in [4.78, 5) is 11.9. The molecule has 0 atom stereocenters. The first-order valence-electron chi connectivity index (χ1n) is 7.49. The summed E-state index contributed by atoms with van der Waals surface area (Å²) in [5.74, 6) is 1.49. The van der Waals surface area contributed by atoms with Gasteiger partial charge in [-0.15, -0.1) is 0 Å². The zero-order valence-electron chi connectivity index (χ0n) is 13.5. The maximum absolute atomic E-state index is 11.9. The van der Waals surface area contributed by atoms with Gasteiger partial charge in [0.25, 0.3) is 0 Å². The normalized spacial score (nSPS) is 10.2. The molecule has 0 saturated heterocycles. The van der Waals surface area contributed by atoms with Crippen molar-refractivity contribution in [2.75, 3.05) is 32.6 Å². The van der Waals surface area contributed by atoms with E-state index in [0.717, 1.165) is 30.2 Å². The Morgan fingerprint density at radius 1 is 1.00 bits per heavy atom. The second-order valence-electron chi connectivity index (χ2n) is 5.05. The molecule has 2 N–H and O–H groups in total. The van der Waals surface area contributed by atoms with Crippen molar-refractivity contribution in [3.05, 3.63) is 54.1 Å². The number of ether oxygens (including phenoxy) is 2. The lowest BCUT2D eigenvalue weighted by Gasteiger charge is -2.08. The van der Waals surface area contributed by atoms with Crippen LogP contribution in [0.3, 0.4) is 0 Å². The molecule has 122 valence electrons. The fourth-order valence-electron chi connectivity index (χ4n) is 2.13. The zero-order chi connectivity index (χ0) is 16.5. The molecular weight excluding hydrogens is 292 g/mol. The van der Waals surface area contributed by atoms with Gasteiger partial charge in [0.15, 0.2) is 0 Å². The molecule has 5 nitrogen and oxygen atoms in total. The van der Waals surface area contributed by atoms with Crippen LogP contribution in [0.15, 0.2) is 48.5 Å². The Kier molecular flexibility index (Phi) is 6.44. The van der Waals surface area contributed by atoms with Gasteiger partial charge in [0.1, 0.15) is 11.5 Å². The van der Waals surface area contributed by atoms with Crippen LogP contribution in [-0.2, 0) is 11.2 Å². The first-order chi connectivity index (χ1) is 11.2. The highest BCUT2D eigenvalue weighted by molar-refractivity contribution is 5.92. The van der Waals surface area contributed by atoms with E-state index in [2.05, 4.69) is 10.6 Å². The first kappa shape index (κ1) is 16.8. The van der Waals surface area contributed by atoms with Gasteiger partial charge in [-0.3, -0.25) is 4.79 Å². The van der Waals surface area contributed by atoms with Crippen LogP contribution in [-0.4, -0.2) is 33.2 Å². The van der Waals surface area contributed by atoms with E-state index in [-0.39, 0.29) is 12.5 Å². The van der Waals surface area contributed by atoms with Crippen molar-refractivity contribution >= 4 is 11.6 Å². The number of anilines is 1. The van der Waals surface area contributed by atoms with Gasteiger partial charge in [0.05, 0.1) is 20.8 Å². The molecular formula is C18H22N2O3. The van der Waals surface area contributed by atoms with Crippen LogP contribution in [0.4, 0.5) is 5.69 Å². The molecule has 0 saturated carbocycles. The fraction of sp³-hybridized carbons (Fsp3) is 0.278. The van der Waals surface area contributed by atoms with Crippen LogP contribution in [0.25, 0.3) is 0 Å². The molecule has 0 unspecified atom stereocenters. The van der Waals surface area contributed by atoms with E-state index in [1.54, 1.807) is 20.3 Å². The Hall–Kier alpha value is -2.53. The third kappa shape index (κ3) is 5.64. The van der Waals surface area contributed by atoms with Gasteiger partial charge in [-0.2, -0.15) is 0 Å². The number of nitrogens with one attached hydrogen (secondary N) is 2. The molecule has 0 radical (unpaired) electrons. The van der Waals surface area contributed by atoms with Crippen molar-refractivity contribution in [2.45, 2.75) is 6.42 Å². The SMILES string of the molecule is COc1ccc(CCNCC(=O)Nc2cccc(OC)c2)cc1. The second kappa shape index (κ2) is 8.80. The summed E-state index contributed by atoms with van der Waals surface area (Å²) in [5, 5.41) is 5.97. The Bertz CT molecular complexity index is 626. The number of carbonyl (C=O) groups is 1. The Labute approximate surface area is 136 Å². The molecule has 0 heterocycles. The molecule has 2 aromatic rings. The summed E-state index contributed by atoms with van der Waals surface area (Å²) >= 11 is 0. The van der Waals surface area contributed by atoms with Crippen molar-refractivity contribution in [1.82, 2.24) is 5.32 Å². The van der Waals surface area contributed by atoms with Crippen molar-refractivity contribution in [2.24, 2.45) is 0 Å². The van der Waals surface area contributed by atoms with Gasteiger partial charge in [0.2, 0.25) is 5.91 Å². The highest BCUT2D eigenvalue weighted by Gasteiger charge is 2.03. The summed E-state index contributed by atoms with van der Waals surface area (Å²) in [7, 11) is 3.25. The lowest BCUT2D eigenvalue weighted by Crippen LogP contribution is -2.29. The molecule has 2 rings (SSSR count). The van der Waals surface area contributed by atoms with E-state index < -0.39 is 0 Å². The summed E-state index contributed by atoms with van der Waals surface area (Å²) in [6, 6.07) is 15.2. The number of benzene rings is 2. The minimum Gasteiger partial charge on any atom is -0.497 e. The van der Waals surface area contributed by atoms with Crippen molar-refractivity contribution in [3.63, 3.8) is 0 Å². The van der Waals surface area contributed by atoms with Crippen molar-refractivity contribution < 1.29 is 14.3 Å². The molecule has 0 aromatic heterocycles. The maximum Gasteiger partial charge on any atom is 0.238 e. The predicted molar refractivity (Wildman–Crippen MR) is 91.2 cm³/mol. The summed E-state index contributed by atoms with van der Waals surface area (Å²) in [6.45, 7) is 1.01. The maximum atomic E-state index is 11.9. The smallest absolute Gasteiger partial charge is 0.238 e. The lowest BCUT2D eigenvalue weighted by atomic mass is 10.1. The van der Waals surface area contributed by atoms with Gasteiger partial charge in [-0.1, -0.05) is 18.2 Å². The summed E-state index contributed by atoms with van der Waals surface area (Å²) in [6.07, 6.45) is 0.858. The van der Waals surface area contributed by atoms with Crippen LogP contribution >= 0.6 is 0 Å². The van der Waals surface area contributed by atoms with Crippen LogP contribution in [0, 0.1) is 0 Å². The standard InChI is InChI=1S/C18H22N2O3/c1-22-16-8-6-14(7-9-16)10-11-19-13-18(21)20-15-4-3-5-17(12-15)23-2/h3-9,12,19H,10-11,13H2,1-2H3,(H,20,21). The lowest BCUT2D eigenvalue weighted by molar-refractivity contribution is -0.115. The number of amides is 1. The zero-order valence-corrected chi connectivity index (χ0v) is 13.5. The summed E-state index contributed by atoms with van der Waals surface area (Å²) in [5.41, 5.74) is 1.93. The van der Waals surface area contributed by atoms with Gasteiger partial charge in [0, 0.05) is 11.8 Å². The minimum atomic E-state index is -0.0759. The fourth-order valence-corrected chi connectivity index (χ4v) is 2.13. The van der Waals surface area contributed by atoms with E-state index in [1.165, 1.54) is 5.56 Å². The van der Waals surface area contributed by atoms with Gasteiger partial charge in [-0.25, -0.2) is 0 Å². The monoisotopic (exact) mass is 314 g/mol. The number of methoxy groups -OCH3 is 2. The van der Waals surface area contributed by atoms with E-state index >= 15 is 0 Å². The number of rotatable bonds is 8. The van der Waals surface area contributed by atoms with Crippen molar-refractivity contribution in [1.29, 1.82) is 0 Å². The van der Waals surface area contributed by atoms with Crippen LogP contribution < -0.4 is 20.1 Å². The Morgan fingerprint density at radius 2 is 1.74 bits per heavy atom. The third-order valence-electron chi connectivity index (χ3n) is 3.39. The molecule has 0 bridgehead atoms. The van der Waals surface area contributed by atoms with Gasteiger partial charge < -0.3 is 20.1 Å². The second-order valence-corrected chi connectivity index (χ2v) is 5.05. The third-order valence-corrected chi connectivity index (χ3v) is 3.39. The van der Waals surface area contributed by atoms with Crippen LogP contribution in [0.5, 0.6) is 11.5 Å². The van der Waals surface area contributed by atoms with E-state index in [1.807, 2.05) is 42.5 Å².